The van der Waals surface area contributed by atoms with Crippen LogP contribution in [0, 0.1) is 5.92 Å². The Hall–Kier alpha value is 0.700. The van der Waals surface area contributed by atoms with Gasteiger partial charge in [0.1, 0.15) is 0 Å². The summed E-state index contributed by atoms with van der Waals surface area (Å²) in [4.78, 5) is 0.584. The second kappa shape index (κ2) is 3.83. The van der Waals surface area contributed by atoms with Crippen LogP contribution in [0.3, 0.4) is 0 Å². The molecule has 1 rings (SSSR count). The van der Waals surface area contributed by atoms with Crippen LogP contribution < -0.4 is 0 Å². The first-order valence-electron chi connectivity index (χ1n) is 4.42. The molecule has 0 aromatic carbocycles. The minimum absolute atomic E-state index is 0.291. The lowest BCUT2D eigenvalue weighted by Crippen LogP contribution is -2.35. The third-order valence-corrected chi connectivity index (χ3v) is 5.77. The van der Waals surface area contributed by atoms with Crippen molar-refractivity contribution in [1.29, 1.82) is 0 Å². The molecule has 2 heteroatoms. The van der Waals surface area contributed by atoms with Gasteiger partial charge in [-0.25, -0.2) is 0 Å². The molecule has 1 fully saturated rings. The maximum absolute atomic E-state index is 4.02. The summed E-state index contributed by atoms with van der Waals surface area (Å²) in [6, 6.07) is 0. The highest BCUT2D eigenvalue weighted by molar-refractivity contribution is 9.12. The average Bonchev–Trinajstić information content (AvgIpc) is 1.94. The molecular weight excluding hydrogens is 280 g/mol. The summed E-state index contributed by atoms with van der Waals surface area (Å²) >= 11 is 7.49. The Bertz CT molecular complexity index is 184. The maximum Gasteiger partial charge on any atom is 0.0355 e. The van der Waals surface area contributed by atoms with Gasteiger partial charge in [-0.2, -0.15) is 0 Å². The van der Waals surface area contributed by atoms with Gasteiger partial charge in [-0.05, 0) is 39.0 Å². The van der Waals surface area contributed by atoms with Gasteiger partial charge in [0.05, 0.1) is 0 Å². The maximum atomic E-state index is 4.02. The highest BCUT2D eigenvalue weighted by atomic mass is 79.9. The average molecular weight is 296 g/mol. The monoisotopic (exact) mass is 294 g/mol. The van der Waals surface area contributed by atoms with Gasteiger partial charge in [-0.3, -0.25) is 0 Å². The second-order valence-corrected chi connectivity index (χ2v) is 6.98. The smallest absolute Gasteiger partial charge is 0.0355 e. The van der Waals surface area contributed by atoms with Crippen molar-refractivity contribution in [3.63, 3.8) is 0 Å². The van der Waals surface area contributed by atoms with Crippen molar-refractivity contribution in [2.24, 2.45) is 5.92 Å². The summed E-state index contributed by atoms with van der Waals surface area (Å²) in [5, 5.41) is 0. The van der Waals surface area contributed by atoms with Crippen LogP contribution in [-0.2, 0) is 0 Å². The first-order chi connectivity index (χ1) is 5.43. The Morgan fingerprint density at radius 2 is 2.17 bits per heavy atom. The Morgan fingerprint density at radius 3 is 2.58 bits per heavy atom. The van der Waals surface area contributed by atoms with Crippen LogP contribution in [0.15, 0.2) is 12.2 Å². The van der Waals surface area contributed by atoms with E-state index in [4.69, 9.17) is 0 Å². The molecule has 1 saturated carbocycles. The third-order valence-electron chi connectivity index (χ3n) is 2.82. The third kappa shape index (κ3) is 2.35. The van der Waals surface area contributed by atoms with Gasteiger partial charge in [-0.1, -0.05) is 44.0 Å². The number of halogens is 2. The number of allylic oxidation sites excluding steroid dienone is 1. The molecule has 0 heterocycles. The summed E-state index contributed by atoms with van der Waals surface area (Å²) in [7, 11) is 0. The highest BCUT2D eigenvalue weighted by Crippen LogP contribution is 2.43. The number of hydrogen-bond donors (Lipinski definition) is 0. The Balaban J connectivity index is 2.58. The molecule has 3 atom stereocenters. The fourth-order valence-electron chi connectivity index (χ4n) is 1.67. The van der Waals surface area contributed by atoms with Crippen molar-refractivity contribution >= 4 is 31.9 Å². The summed E-state index contributed by atoms with van der Waals surface area (Å²) in [6.45, 7) is 8.43. The van der Waals surface area contributed by atoms with Crippen molar-refractivity contribution in [3.05, 3.63) is 12.2 Å². The lowest BCUT2D eigenvalue weighted by atomic mass is 9.80. The quantitative estimate of drug-likeness (QED) is 0.500. The van der Waals surface area contributed by atoms with Crippen LogP contribution in [0.4, 0.5) is 0 Å². The van der Waals surface area contributed by atoms with Crippen LogP contribution in [0.2, 0.25) is 0 Å². The van der Waals surface area contributed by atoms with Crippen molar-refractivity contribution in [2.75, 3.05) is 0 Å². The zero-order chi connectivity index (χ0) is 9.35. The molecule has 0 unspecified atom stereocenters. The summed E-state index contributed by atoms with van der Waals surface area (Å²) < 4.78 is 0.291. The fraction of sp³-hybridized carbons (Fsp3) is 0.800. The largest absolute Gasteiger partial charge is 0.0999 e. The SMILES string of the molecule is C=C(C)[C@H]1CC[C@@](C)(Br)[C@H](Br)C1. The van der Waals surface area contributed by atoms with Crippen LogP contribution in [0.1, 0.15) is 33.1 Å². The summed E-state index contributed by atoms with van der Waals surface area (Å²) in [5.74, 6) is 0.722. The van der Waals surface area contributed by atoms with E-state index >= 15 is 0 Å². The molecule has 1 aliphatic rings. The molecule has 0 aliphatic heterocycles. The van der Waals surface area contributed by atoms with E-state index in [1.165, 1.54) is 24.8 Å². The lowest BCUT2D eigenvalue weighted by Gasteiger charge is -2.37. The van der Waals surface area contributed by atoms with Crippen LogP contribution in [0.25, 0.3) is 0 Å². The van der Waals surface area contributed by atoms with Crippen LogP contribution in [0.5, 0.6) is 0 Å². The normalized spacial score (nSPS) is 42.7. The first-order valence-corrected chi connectivity index (χ1v) is 6.13. The van der Waals surface area contributed by atoms with Gasteiger partial charge in [0.15, 0.2) is 0 Å². The van der Waals surface area contributed by atoms with E-state index < -0.39 is 0 Å². The molecule has 0 spiro atoms. The molecule has 0 radical (unpaired) electrons. The molecule has 0 bridgehead atoms. The Morgan fingerprint density at radius 1 is 1.58 bits per heavy atom. The molecule has 0 aromatic heterocycles. The van der Waals surface area contributed by atoms with E-state index in [1.54, 1.807) is 0 Å². The first kappa shape index (κ1) is 10.8. The minimum Gasteiger partial charge on any atom is -0.0999 e. The Kier molecular flexibility index (Phi) is 3.44. The molecule has 0 nitrogen and oxygen atoms in total. The topological polar surface area (TPSA) is 0 Å². The van der Waals surface area contributed by atoms with Gasteiger partial charge < -0.3 is 0 Å². The van der Waals surface area contributed by atoms with Crippen LogP contribution >= 0.6 is 31.9 Å². The molecule has 1 aliphatic carbocycles. The highest BCUT2D eigenvalue weighted by Gasteiger charge is 2.36. The van der Waals surface area contributed by atoms with E-state index in [-0.39, 0.29) is 0 Å². The van der Waals surface area contributed by atoms with Crippen LogP contribution in [-0.4, -0.2) is 9.15 Å². The number of hydrogen-bond acceptors (Lipinski definition) is 0. The molecule has 12 heavy (non-hydrogen) atoms. The van der Waals surface area contributed by atoms with Gasteiger partial charge in [0.25, 0.3) is 0 Å². The van der Waals surface area contributed by atoms with Gasteiger partial charge in [-0.15, -0.1) is 0 Å². The minimum atomic E-state index is 0.291. The molecule has 0 N–H and O–H groups in total. The lowest BCUT2D eigenvalue weighted by molar-refractivity contribution is 0.368. The van der Waals surface area contributed by atoms with E-state index in [1.807, 2.05) is 0 Å². The van der Waals surface area contributed by atoms with Gasteiger partial charge >= 0.3 is 0 Å². The fourth-order valence-corrected chi connectivity index (χ4v) is 2.77. The molecule has 0 amide bonds. The summed E-state index contributed by atoms with van der Waals surface area (Å²) in [5.41, 5.74) is 1.34. The van der Waals surface area contributed by atoms with E-state index in [0.717, 1.165) is 5.92 Å². The number of alkyl halides is 2. The van der Waals surface area contributed by atoms with Crippen molar-refractivity contribution < 1.29 is 0 Å². The van der Waals surface area contributed by atoms with E-state index in [9.17, 15) is 0 Å². The van der Waals surface area contributed by atoms with Gasteiger partial charge in [0, 0.05) is 9.15 Å². The van der Waals surface area contributed by atoms with Crippen molar-refractivity contribution in [3.8, 4) is 0 Å². The molecule has 70 valence electrons. The standard InChI is InChI=1S/C10H16Br2/c1-7(2)8-4-5-10(3,12)9(11)6-8/h8-9H,1,4-6H2,2-3H3/t8-,9+,10+/m0/s1. The van der Waals surface area contributed by atoms with Crippen molar-refractivity contribution in [1.82, 2.24) is 0 Å². The predicted molar refractivity (Wildman–Crippen MR) is 62.2 cm³/mol. The molecular formula is C10H16Br2. The van der Waals surface area contributed by atoms with E-state index in [2.05, 4.69) is 52.3 Å². The molecule has 0 saturated heterocycles. The van der Waals surface area contributed by atoms with E-state index in [0.29, 0.717) is 9.15 Å². The summed E-state index contributed by atoms with van der Waals surface area (Å²) in [6.07, 6.45) is 3.73. The predicted octanol–water partition coefficient (Wildman–Crippen LogP) is 4.28. The van der Waals surface area contributed by atoms with Gasteiger partial charge in [0.2, 0.25) is 0 Å². The second-order valence-electron chi connectivity index (χ2n) is 4.06. The number of rotatable bonds is 1. The molecule has 0 aromatic rings. The zero-order valence-electron chi connectivity index (χ0n) is 7.74. The van der Waals surface area contributed by atoms with Crippen molar-refractivity contribution in [2.45, 2.75) is 42.3 Å². The Labute approximate surface area is 92.1 Å². The zero-order valence-corrected chi connectivity index (χ0v) is 10.9.